The fourth-order valence-electron chi connectivity index (χ4n) is 0.534. The monoisotopic (exact) mass is 150 g/mol. The summed E-state index contributed by atoms with van der Waals surface area (Å²) < 4.78 is 0. The minimum absolute atomic E-state index is 0.0780. The average Bonchev–Trinajstić information content (AvgIpc) is 2.14. The summed E-state index contributed by atoms with van der Waals surface area (Å²) in [6.07, 6.45) is 0. The van der Waals surface area contributed by atoms with Gasteiger partial charge in [0, 0.05) is 0 Å². The van der Waals surface area contributed by atoms with Crippen LogP contribution in [0.1, 0.15) is 5.69 Å². The van der Waals surface area contributed by atoms with Gasteiger partial charge in [0.1, 0.15) is 0 Å². The first-order chi connectivity index (χ1) is 4.63. The molecule has 0 aromatic carbocycles. The predicted molar refractivity (Wildman–Crippen MR) is 43.6 cm³/mol. The molecule has 3 radical (unpaired) electrons. The van der Waals surface area contributed by atoms with Crippen molar-refractivity contribution in [3.05, 3.63) is 10.7 Å². The second-order valence-electron chi connectivity index (χ2n) is 1.75. The number of hydrogen-bond acceptors (Lipinski definition) is 2. The third-order valence-corrected chi connectivity index (χ3v) is 1.40. The topological polar surface area (TPSA) is 54.7 Å². The molecule has 47 valence electrons. The molecule has 0 aliphatic rings. The van der Waals surface area contributed by atoms with Crippen LogP contribution in [-0.4, -0.2) is 30.9 Å². The van der Waals surface area contributed by atoms with E-state index in [1.54, 1.807) is 0 Å². The maximum atomic E-state index is 5.60. The van der Waals surface area contributed by atoms with Crippen molar-refractivity contribution in [1.29, 1.82) is 0 Å². The SMILES string of the molecule is [B]C(=[B])c1[nH]nc(N)c1Cl. The summed E-state index contributed by atoms with van der Waals surface area (Å²) in [4.78, 5) is 0. The number of nitrogens with two attached hydrogens (primary N) is 1. The van der Waals surface area contributed by atoms with Gasteiger partial charge in [0.15, 0.2) is 0 Å². The molecular formula is C4H3B2ClN3. The van der Waals surface area contributed by atoms with E-state index in [0.29, 0.717) is 5.69 Å². The van der Waals surface area contributed by atoms with Gasteiger partial charge in [-0.15, -0.1) is 0 Å². The zero-order valence-electron chi connectivity index (χ0n) is 5.06. The Kier molecular flexibility index (Phi) is 1.85. The van der Waals surface area contributed by atoms with E-state index in [9.17, 15) is 0 Å². The van der Waals surface area contributed by atoms with Gasteiger partial charge in [-0.25, -0.2) is 0 Å². The van der Waals surface area contributed by atoms with Crippen LogP contribution >= 0.6 is 11.6 Å². The average molecular weight is 150 g/mol. The number of aromatic amines is 1. The van der Waals surface area contributed by atoms with Crippen molar-refractivity contribution < 1.29 is 0 Å². The molecule has 1 aromatic heterocycles. The van der Waals surface area contributed by atoms with Crippen LogP contribution in [0.2, 0.25) is 5.02 Å². The first-order valence-corrected chi connectivity index (χ1v) is 2.88. The van der Waals surface area contributed by atoms with Crippen LogP contribution in [-0.2, 0) is 0 Å². The van der Waals surface area contributed by atoms with E-state index >= 15 is 0 Å². The molecule has 0 spiro atoms. The molecular weight excluding hydrogens is 147 g/mol. The van der Waals surface area contributed by atoms with Crippen molar-refractivity contribution in [3.63, 3.8) is 0 Å². The molecule has 0 fully saturated rings. The van der Waals surface area contributed by atoms with Gasteiger partial charge >= 0.3 is 64.8 Å². The third-order valence-electron chi connectivity index (χ3n) is 1.02. The van der Waals surface area contributed by atoms with Gasteiger partial charge in [0.2, 0.25) is 0 Å². The molecule has 3 N–H and O–H groups in total. The number of nitrogens with one attached hydrogen (secondary N) is 1. The zero-order valence-corrected chi connectivity index (χ0v) is 5.81. The number of hydrogen-bond donors (Lipinski definition) is 2. The van der Waals surface area contributed by atoms with Crippen molar-refractivity contribution in [1.82, 2.24) is 10.2 Å². The predicted octanol–water partition coefficient (Wildman–Crippen LogP) is -0.540. The van der Waals surface area contributed by atoms with E-state index in [1.165, 1.54) is 0 Å². The Balaban J connectivity index is 3.17. The second-order valence-corrected chi connectivity index (χ2v) is 2.13. The number of rotatable bonds is 1. The van der Waals surface area contributed by atoms with Crippen molar-refractivity contribution >= 4 is 38.1 Å². The molecule has 0 saturated heterocycles. The van der Waals surface area contributed by atoms with Gasteiger partial charge in [-0.2, -0.15) is 0 Å². The number of halogens is 1. The Morgan fingerprint density at radius 2 is 2.30 bits per heavy atom. The molecule has 1 aromatic rings. The summed E-state index contributed by atoms with van der Waals surface area (Å²) >= 11 is 5.60. The van der Waals surface area contributed by atoms with Crippen LogP contribution in [0.25, 0.3) is 0 Å². The number of aromatic nitrogens is 2. The van der Waals surface area contributed by atoms with E-state index in [1.807, 2.05) is 0 Å². The first-order valence-electron chi connectivity index (χ1n) is 2.50. The number of H-pyrrole nitrogens is 1. The molecule has 1 rings (SSSR count). The van der Waals surface area contributed by atoms with E-state index in [-0.39, 0.29) is 16.2 Å². The molecule has 0 unspecified atom stereocenters. The molecule has 3 nitrogen and oxygen atoms in total. The first kappa shape index (κ1) is 7.41. The molecule has 10 heavy (non-hydrogen) atoms. The van der Waals surface area contributed by atoms with E-state index in [0.717, 1.165) is 0 Å². The van der Waals surface area contributed by atoms with Crippen LogP contribution in [0.5, 0.6) is 0 Å². The molecule has 0 aliphatic heterocycles. The van der Waals surface area contributed by atoms with Crippen LogP contribution in [0.3, 0.4) is 0 Å². The minimum atomic E-state index is 0.0780. The van der Waals surface area contributed by atoms with Crippen molar-refractivity contribution in [2.45, 2.75) is 0 Å². The Morgan fingerprint density at radius 3 is 2.50 bits per heavy atom. The van der Waals surface area contributed by atoms with Gasteiger partial charge in [-0.05, 0) is 0 Å². The molecule has 0 atom stereocenters. The van der Waals surface area contributed by atoms with Crippen molar-refractivity contribution in [3.8, 4) is 0 Å². The summed E-state index contributed by atoms with van der Waals surface area (Å²) in [6.45, 7) is 0. The standard InChI is InChI=1S/C4H3B2ClN3/c5-3(6)2-1(7)4(8)10-9-2/h(H3,8,9,10). The Labute approximate surface area is 65.4 Å². The molecule has 6 heteroatoms. The normalized spacial score (nSPS) is 9.60. The summed E-state index contributed by atoms with van der Waals surface area (Å²) in [5.74, 6) is 0.199. The van der Waals surface area contributed by atoms with Crippen LogP contribution in [0.4, 0.5) is 5.82 Å². The Hall–Kier alpha value is -0.700. The fourth-order valence-corrected chi connectivity index (χ4v) is 0.727. The van der Waals surface area contributed by atoms with E-state index in [2.05, 4.69) is 10.2 Å². The fraction of sp³-hybridized carbons (Fsp3) is 0. The molecule has 0 amide bonds. The molecule has 0 aliphatic carbocycles. The summed E-state index contributed by atoms with van der Waals surface area (Å²) in [5.41, 5.74) is 5.65. The quantitative estimate of drug-likeness (QED) is 0.528. The third kappa shape index (κ3) is 1.09. The second kappa shape index (κ2) is 2.50. The van der Waals surface area contributed by atoms with Crippen LogP contribution in [0, 0.1) is 0 Å². The van der Waals surface area contributed by atoms with E-state index in [4.69, 9.17) is 32.7 Å². The van der Waals surface area contributed by atoms with Crippen molar-refractivity contribution in [2.24, 2.45) is 0 Å². The van der Waals surface area contributed by atoms with Gasteiger partial charge in [0.25, 0.3) is 0 Å². The van der Waals surface area contributed by atoms with Gasteiger partial charge in [-0.3, -0.25) is 0 Å². The summed E-state index contributed by atoms with van der Waals surface area (Å²) in [7, 11) is 10.4. The molecule has 0 bridgehead atoms. The van der Waals surface area contributed by atoms with Gasteiger partial charge in [0.05, 0.1) is 0 Å². The number of anilines is 1. The number of nitrogen functional groups attached to an aromatic ring is 1. The van der Waals surface area contributed by atoms with Crippen molar-refractivity contribution in [2.75, 3.05) is 5.73 Å². The Morgan fingerprint density at radius 1 is 1.70 bits per heavy atom. The Bertz CT molecular complexity index is 269. The number of nitrogens with zero attached hydrogens (tertiary/aromatic N) is 1. The van der Waals surface area contributed by atoms with Crippen LogP contribution < -0.4 is 5.73 Å². The molecule has 0 saturated carbocycles. The van der Waals surface area contributed by atoms with Crippen LogP contribution in [0.15, 0.2) is 0 Å². The maximum absolute atomic E-state index is 5.60. The van der Waals surface area contributed by atoms with E-state index < -0.39 is 0 Å². The van der Waals surface area contributed by atoms with Gasteiger partial charge < -0.3 is 0 Å². The molecule has 1 heterocycles. The summed E-state index contributed by atoms with van der Waals surface area (Å²) in [5, 5.41) is 6.40. The van der Waals surface area contributed by atoms with Gasteiger partial charge in [-0.1, -0.05) is 0 Å². The zero-order chi connectivity index (χ0) is 7.72. The summed E-state index contributed by atoms with van der Waals surface area (Å²) in [6, 6.07) is 0.